The Morgan fingerprint density at radius 1 is 1.35 bits per heavy atom. The molecule has 0 aliphatic heterocycles. The molecule has 2 aromatic heterocycles. The summed E-state index contributed by atoms with van der Waals surface area (Å²) in [5.74, 6) is 0.526. The quantitative estimate of drug-likeness (QED) is 0.777. The molecule has 3 aromatic rings. The Morgan fingerprint density at radius 3 is 2.90 bits per heavy atom. The second kappa shape index (κ2) is 4.59. The van der Waals surface area contributed by atoms with Gasteiger partial charge in [-0.15, -0.1) is 0 Å². The number of aromatic nitrogens is 3. The number of benzene rings is 1. The van der Waals surface area contributed by atoms with Gasteiger partial charge in [-0.3, -0.25) is 4.79 Å². The van der Waals surface area contributed by atoms with Gasteiger partial charge in [0.2, 0.25) is 5.91 Å². The summed E-state index contributed by atoms with van der Waals surface area (Å²) >= 11 is 0. The molecule has 0 spiro atoms. The normalized spacial score (nSPS) is 11.2. The average Bonchev–Trinajstić information content (AvgIpc) is 2.72. The zero-order valence-corrected chi connectivity index (χ0v) is 11.8. The summed E-state index contributed by atoms with van der Waals surface area (Å²) in [5.41, 5.74) is 2.88. The maximum atomic E-state index is 11.6. The zero-order chi connectivity index (χ0) is 14.3. The number of amides is 1. The Balaban J connectivity index is 2.24. The van der Waals surface area contributed by atoms with Crippen LogP contribution in [0.4, 0.5) is 5.82 Å². The van der Waals surface area contributed by atoms with E-state index in [1.165, 1.54) is 5.56 Å². The molecule has 3 rings (SSSR count). The molecule has 0 unspecified atom stereocenters. The standard InChI is InChI=1S/C15H16N4O/c1-4-13(20)17-14-11-8-10-6-5-9(2)7-12(10)16-15(11)19(3)18-14/h5-8H,4H2,1-3H3,(H,17,18,20). The summed E-state index contributed by atoms with van der Waals surface area (Å²) in [4.78, 5) is 16.2. The maximum absolute atomic E-state index is 11.6. The SMILES string of the molecule is CCC(=O)Nc1nn(C)c2nc3cc(C)ccc3cc12. The zero-order valence-electron chi connectivity index (χ0n) is 11.8. The van der Waals surface area contributed by atoms with Gasteiger partial charge in [-0.2, -0.15) is 5.10 Å². The number of hydrogen-bond acceptors (Lipinski definition) is 3. The van der Waals surface area contributed by atoms with Crippen molar-refractivity contribution in [3.8, 4) is 0 Å². The van der Waals surface area contributed by atoms with E-state index in [0.717, 1.165) is 21.9 Å². The second-order valence-electron chi connectivity index (χ2n) is 4.93. The number of nitrogens with one attached hydrogen (secondary N) is 1. The third-order valence-electron chi connectivity index (χ3n) is 3.34. The van der Waals surface area contributed by atoms with Crippen LogP contribution in [0.25, 0.3) is 21.9 Å². The smallest absolute Gasteiger partial charge is 0.225 e. The average molecular weight is 268 g/mol. The highest BCUT2D eigenvalue weighted by Crippen LogP contribution is 2.25. The lowest BCUT2D eigenvalue weighted by Crippen LogP contribution is -2.10. The van der Waals surface area contributed by atoms with Crippen LogP contribution in [0, 0.1) is 6.92 Å². The second-order valence-corrected chi connectivity index (χ2v) is 4.93. The number of pyridine rings is 1. The molecule has 0 aliphatic rings. The highest BCUT2D eigenvalue weighted by molar-refractivity contribution is 6.02. The van der Waals surface area contributed by atoms with Crippen molar-refractivity contribution in [3.05, 3.63) is 29.8 Å². The summed E-state index contributed by atoms with van der Waals surface area (Å²) in [7, 11) is 1.83. The van der Waals surface area contributed by atoms with Gasteiger partial charge in [0.1, 0.15) is 0 Å². The lowest BCUT2D eigenvalue weighted by molar-refractivity contribution is -0.115. The molecule has 2 heterocycles. The van der Waals surface area contributed by atoms with Gasteiger partial charge in [0, 0.05) is 18.9 Å². The number of anilines is 1. The number of nitrogens with zero attached hydrogens (tertiary/aromatic N) is 3. The molecule has 0 atom stereocenters. The van der Waals surface area contributed by atoms with Crippen molar-refractivity contribution in [2.24, 2.45) is 7.05 Å². The van der Waals surface area contributed by atoms with Crippen LogP contribution in [0.3, 0.4) is 0 Å². The Labute approximate surface area is 116 Å². The summed E-state index contributed by atoms with van der Waals surface area (Å²) in [6.45, 7) is 3.86. The minimum absolute atomic E-state index is 0.0472. The Bertz CT molecular complexity index is 819. The molecule has 1 aromatic carbocycles. The van der Waals surface area contributed by atoms with Crippen molar-refractivity contribution in [2.75, 3.05) is 5.32 Å². The number of hydrogen-bond donors (Lipinski definition) is 1. The Kier molecular flexibility index (Phi) is 2.89. The van der Waals surface area contributed by atoms with E-state index in [4.69, 9.17) is 0 Å². The molecule has 0 radical (unpaired) electrons. The largest absolute Gasteiger partial charge is 0.309 e. The van der Waals surface area contributed by atoms with Crippen LogP contribution in [-0.2, 0) is 11.8 Å². The van der Waals surface area contributed by atoms with Crippen molar-refractivity contribution in [2.45, 2.75) is 20.3 Å². The fourth-order valence-electron chi connectivity index (χ4n) is 2.25. The number of rotatable bonds is 2. The van der Waals surface area contributed by atoms with Crippen LogP contribution in [0.5, 0.6) is 0 Å². The predicted octanol–water partition coefficient (Wildman–Crippen LogP) is 2.78. The molecule has 5 nitrogen and oxygen atoms in total. The van der Waals surface area contributed by atoms with Gasteiger partial charge in [0.15, 0.2) is 11.5 Å². The summed E-state index contributed by atoms with van der Waals surface area (Å²) in [5, 5.41) is 9.08. The van der Waals surface area contributed by atoms with Gasteiger partial charge in [0.05, 0.1) is 10.9 Å². The molecule has 1 amide bonds. The van der Waals surface area contributed by atoms with E-state index in [-0.39, 0.29) is 5.91 Å². The van der Waals surface area contributed by atoms with Crippen molar-refractivity contribution in [1.29, 1.82) is 0 Å². The van der Waals surface area contributed by atoms with Crippen LogP contribution in [0.2, 0.25) is 0 Å². The van der Waals surface area contributed by atoms with Gasteiger partial charge in [0.25, 0.3) is 0 Å². The van der Waals surface area contributed by atoms with E-state index in [2.05, 4.69) is 21.5 Å². The fraction of sp³-hybridized carbons (Fsp3) is 0.267. The first-order valence-corrected chi connectivity index (χ1v) is 6.62. The van der Waals surface area contributed by atoms with Gasteiger partial charge < -0.3 is 5.32 Å². The number of carbonyl (C=O) groups excluding carboxylic acids is 1. The molecular formula is C15H16N4O. The van der Waals surface area contributed by atoms with Crippen LogP contribution in [-0.4, -0.2) is 20.7 Å². The molecule has 0 saturated heterocycles. The minimum Gasteiger partial charge on any atom is -0.309 e. The van der Waals surface area contributed by atoms with Crippen LogP contribution < -0.4 is 5.32 Å². The predicted molar refractivity (Wildman–Crippen MR) is 79.7 cm³/mol. The lowest BCUT2D eigenvalue weighted by Gasteiger charge is -2.01. The van der Waals surface area contributed by atoms with Gasteiger partial charge in [-0.1, -0.05) is 19.1 Å². The molecule has 0 saturated carbocycles. The Morgan fingerprint density at radius 2 is 2.15 bits per heavy atom. The van der Waals surface area contributed by atoms with Crippen molar-refractivity contribution >= 4 is 33.7 Å². The molecule has 102 valence electrons. The lowest BCUT2D eigenvalue weighted by atomic mass is 10.1. The van der Waals surface area contributed by atoms with E-state index >= 15 is 0 Å². The van der Waals surface area contributed by atoms with E-state index in [1.807, 2.05) is 39.1 Å². The van der Waals surface area contributed by atoms with Crippen molar-refractivity contribution < 1.29 is 4.79 Å². The summed E-state index contributed by atoms with van der Waals surface area (Å²) < 4.78 is 1.70. The van der Waals surface area contributed by atoms with E-state index in [1.54, 1.807) is 4.68 Å². The number of carbonyl (C=O) groups is 1. The van der Waals surface area contributed by atoms with Gasteiger partial charge in [-0.05, 0) is 24.6 Å². The molecule has 1 N–H and O–H groups in total. The first-order valence-electron chi connectivity index (χ1n) is 6.62. The monoisotopic (exact) mass is 268 g/mol. The number of fused-ring (bicyclic) bond motifs is 2. The topological polar surface area (TPSA) is 59.8 Å². The van der Waals surface area contributed by atoms with Gasteiger partial charge >= 0.3 is 0 Å². The molecule has 0 aliphatic carbocycles. The van der Waals surface area contributed by atoms with E-state index < -0.39 is 0 Å². The summed E-state index contributed by atoms with van der Waals surface area (Å²) in [6.07, 6.45) is 0.429. The van der Waals surface area contributed by atoms with Crippen LogP contribution >= 0.6 is 0 Å². The highest BCUT2D eigenvalue weighted by atomic mass is 16.1. The molecule has 5 heteroatoms. The highest BCUT2D eigenvalue weighted by Gasteiger charge is 2.13. The first-order chi connectivity index (χ1) is 9.58. The summed E-state index contributed by atoms with van der Waals surface area (Å²) in [6, 6.07) is 8.16. The minimum atomic E-state index is -0.0472. The van der Waals surface area contributed by atoms with Crippen molar-refractivity contribution in [1.82, 2.24) is 14.8 Å². The molecular weight excluding hydrogens is 252 g/mol. The molecule has 20 heavy (non-hydrogen) atoms. The Hall–Kier alpha value is -2.43. The third-order valence-corrected chi connectivity index (χ3v) is 3.34. The third kappa shape index (κ3) is 2.01. The van der Waals surface area contributed by atoms with Crippen molar-refractivity contribution in [3.63, 3.8) is 0 Å². The fourth-order valence-corrected chi connectivity index (χ4v) is 2.25. The van der Waals surface area contributed by atoms with Crippen LogP contribution in [0.1, 0.15) is 18.9 Å². The number of aryl methyl sites for hydroxylation is 2. The van der Waals surface area contributed by atoms with E-state index in [0.29, 0.717) is 12.2 Å². The first kappa shape index (κ1) is 12.6. The van der Waals surface area contributed by atoms with Crippen LogP contribution in [0.15, 0.2) is 24.3 Å². The van der Waals surface area contributed by atoms with E-state index in [9.17, 15) is 4.79 Å². The van der Waals surface area contributed by atoms with Gasteiger partial charge in [-0.25, -0.2) is 9.67 Å². The molecule has 0 fully saturated rings. The molecule has 0 bridgehead atoms. The maximum Gasteiger partial charge on any atom is 0.225 e.